The quantitative estimate of drug-likeness (QED) is 0.666. The molecule has 2 aromatic carbocycles. The highest BCUT2D eigenvalue weighted by molar-refractivity contribution is 5.85. The molecule has 0 radical (unpaired) electrons. The molecule has 2 N–H and O–H groups in total. The highest BCUT2D eigenvalue weighted by atomic mass is 19.3. The Morgan fingerprint density at radius 2 is 1.68 bits per heavy atom. The van der Waals surface area contributed by atoms with Crippen LogP contribution in [0.15, 0.2) is 48.5 Å². The van der Waals surface area contributed by atoms with Gasteiger partial charge in [0.15, 0.2) is 0 Å². The molecule has 1 aliphatic heterocycles. The summed E-state index contributed by atoms with van der Waals surface area (Å²) in [4.78, 5) is 36.9. The van der Waals surface area contributed by atoms with Crippen LogP contribution >= 0.6 is 0 Å². The van der Waals surface area contributed by atoms with Gasteiger partial charge in [-0.1, -0.05) is 48.5 Å². The van der Waals surface area contributed by atoms with Crippen molar-refractivity contribution in [3.63, 3.8) is 0 Å². The Balaban J connectivity index is 1.35. The zero-order valence-electron chi connectivity index (χ0n) is 18.7. The highest BCUT2D eigenvalue weighted by Crippen LogP contribution is 2.44. The van der Waals surface area contributed by atoms with Crippen LogP contribution < -0.4 is 5.32 Å². The normalized spacial score (nSPS) is 19.8. The molecule has 0 aromatic heterocycles. The summed E-state index contributed by atoms with van der Waals surface area (Å²) in [5.74, 6) is -7.62. The third-order valence-corrected chi connectivity index (χ3v) is 6.68. The molecule has 1 fully saturated rings. The Morgan fingerprint density at radius 3 is 2.26 bits per heavy atom. The third kappa shape index (κ3) is 4.47. The maximum absolute atomic E-state index is 14.6. The molecule has 1 aliphatic carbocycles. The van der Waals surface area contributed by atoms with Crippen molar-refractivity contribution in [2.24, 2.45) is 5.92 Å². The van der Waals surface area contributed by atoms with E-state index in [1.54, 1.807) is 0 Å². The first kappa shape index (κ1) is 23.7. The van der Waals surface area contributed by atoms with Crippen molar-refractivity contribution >= 4 is 18.0 Å². The van der Waals surface area contributed by atoms with E-state index >= 15 is 0 Å². The summed E-state index contributed by atoms with van der Waals surface area (Å²) in [6, 6.07) is 14.6. The summed E-state index contributed by atoms with van der Waals surface area (Å²) >= 11 is 0. The van der Waals surface area contributed by atoms with E-state index in [0.29, 0.717) is 12.8 Å². The average Bonchev–Trinajstić information content (AvgIpc) is 3.15. The van der Waals surface area contributed by atoms with Gasteiger partial charge in [0.2, 0.25) is 0 Å². The lowest BCUT2D eigenvalue weighted by molar-refractivity contribution is -0.164. The van der Waals surface area contributed by atoms with Crippen LogP contribution in [0.4, 0.5) is 13.6 Å². The number of ether oxygens (including phenoxy) is 1. The Kier molecular flexibility index (Phi) is 6.54. The predicted octanol–water partition coefficient (Wildman–Crippen LogP) is 3.87. The van der Waals surface area contributed by atoms with E-state index in [-0.39, 0.29) is 19.1 Å². The lowest BCUT2D eigenvalue weighted by atomic mass is 9.90. The molecule has 1 heterocycles. The highest BCUT2D eigenvalue weighted by Gasteiger charge is 2.47. The number of nitrogens with one attached hydrogen (secondary N) is 1. The van der Waals surface area contributed by atoms with Gasteiger partial charge in [0.1, 0.15) is 6.61 Å². The number of piperidine rings is 1. The van der Waals surface area contributed by atoms with Crippen molar-refractivity contribution < 1.29 is 33.0 Å². The Hall–Kier alpha value is -3.49. The molecule has 0 spiro atoms. The molecule has 34 heavy (non-hydrogen) atoms. The molecule has 9 heteroatoms. The molecule has 7 nitrogen and oxygen atoms in total. The Bertz CT molecular complexity index is 1060. The number of hydrogen-bond acceptors (Lipinski definition) is 4. The van der Waals surface area contributed by atoms with E-state index in [4.69, 9.17) is 4.74 Å². The van der Waals surface area contributed by atoms with Gasteiger partial charge in [-0.05, 0) is 42.0 Å². The van der Waals surface area contributed by atoms with Gasteiger partial charge in [-0.2, -0.15) is 8.78 Å². The van der Waals surface area contributed by atoms with Crippen molar-refractivity contribution in [2.75, 3.05) is 19.7 Å². The number of alkyl carbamates (subject to hydrolysis) is 1. The number of aliphatic carboxylic acids is 1. The van der Waals surface area contributed by atoms with Crippen molar-refractivity contribution in [1.29, 1.82) is 0 Å². The summed E-state index contributed by atoms with van der Waals surface area (Å²) in [5, 5.41) is 11.2. The molecule has 0 saturated carbocycles. The topological polar surface area (TPSA) is 95.9 Å². The second-order valence-electron chi connectivity index (χ2n) is 8.71. The van der Waals surface area contributed by atoms with Gasteiger partial charge in [-0.15, -0.1) is 0 Å². The minimum atomic E-state index is -3.89. The van der Waals surface area contributed by atoms with Crippen molar-refractivity contribution in [2.45, 2.75) is 37.6 Å². The van der Waals surface area contributed by atoms with Crippen LogP contribution in [0, 0.1) is 5.92 Å². The number of halogens is 2. The van der Waals surface area contributed by atoms with Gasteiger partial charge in [0, 0.05) is 18.5 Å². The number of benzene rings is 2. The fraction of sp³-hybridized carbons (Fsp3) is 0.400. The molecule has 1 saturated heterocycles. The van der Waals surface area contributed by atoms with Gasteiger partial charge in [-0.3, -0.25) is 9.59 Å². The van der Waals surface area contributed by atoms with Crippen LogP contribution in [0.2, 0.25) is 0 Å². The van der Waals surface area contributed by atoms with Crippen LogP contribution in [0.25, 0.3) is 11.1 Å². The van der Waals surface area contributed by atoms with E-state index in [1.165, 1.54) is 6.92 Å². The van der Waals surface area contributed by atoms with Crippen LogP contribution in [0.5, 0.6) is 0 Å². The molecule has 2 atom stereocenters. The number of alkyl halides is 2. The van der Waals surface area contributed by atoms with Crippen LogP contribution in [0.3, 0.4) is 0 Å². The minimum Gasteiger partial charge on any atom is -0.481 e. The molecular formula is C25H26F2N2O5. The smallest absolute Gasteiger partial charge is 0.407 e. The van der Waals surface area contributed by atoms with E-state index in [2.05, 4.69) is 0 Å². The number of carbonyl (C=O) groups is 3. The first-order valence-electron chi connectivity index (χ1n) is 11.2. The van der Waals surface area contributed by atoms with Crippen molar-refractivity contribution in [3.8, 4) is 11.1 Å². The van der Waals surface area contributed by atoms with Gasteiger partial charge < -0.3 is 20.1 Å². The summed E-state index contributed by atoms with van der Waals surface area (Å²) in [6.07, 6.45) is -0.406. The summed E-state index contributed by atoms with van der Waals surface area (Å²) in [6.45, 7) is 0.224. The Morgan fingerprint density at radius 1 is 1.09 bits per heavy atom. The van der Waals surface area contributed by atoms with Crippen LogP contribution in [-0.2, 0) is 14.3 Å². The number of carboxylic acids is 1. The Labute approximate surface area is 195 Å². The first-order chi connectivity index (χ1) is 16.2. The van der Waals surface area contributed by atoms with Crippen molar-refractivity contribution in [1.82, 2.24) is 10.2 Å². The van der Waals surface area contributed by atoms with Crippen LogP contribution in [0.1, 0.15) is 36.8 Å². The third-order valence-electron chi connectivity index (χ3n) is 6.68. The van der Waals surface area contributed by atoms with Crippen molar-refractivity contribution in [3.05, 3.63) is 59.7 Å². The molecule has 2 aliphatic rings. The lowest BCUT2D eigenvalue weighted by Crippen LogP contribution is -2.56. The number of fused-ring (bicyclic) bond motifs is 3. The van der Waals surface area contributed by atoms with Gasteiger partial charge in [0.25, 0.3) is 5.91 Å². The second-order valence-corrected chi connectivity index (χ2v) is 8.71. The number of hydrogen-bond donors (Lipinski definition) is 2. The zero-order valence-corrected chi connectivity index (χ0v) is 18.7. The van der Waals surface area contributed by atoms with E-state index in [1.807, 2.05) is 53.8 Å². The summed E-state index contributed by atoms with van der Waals surface area (Å²) in [5.41, 5.74) is 4.06. The number of likely N-dealkylation sites (tertiary alicyclic amines) is 1. The van der Waals surface area contributed by atoms with Gasteiger partial charge in [-0.25, -0.2) is 4.79 Å². The SMILES string of the molecule is C[C@@H]1[C@H](C(=O)O)CCCN1C(=O)C(F)(F)CNC(=O)OCC1c2ccccc2-c2ccccc21. The number of nitrogens with zero attached hydrogens (tertiary/aromatic N) is 1. The van der Waals surface area contributed by atoms with Crippen LogP contribution in [-0.4, -0.2) is 59.6 Å². The monoisotopic (exact) mass is 472 g/mol. The van der Waals surface area contributed by atoms with E-state index in [9.17, 15) is 28.3 Å². The summed E-state index contributed by atoms with van der Waals surface area (Å²) in [7, 11) is 0. The number of rotatable bonds is 6. The van der Waals surface area contributed by atoms with Gasteiger partial charge in [0.05, 0.1) is 12.5 Å². The summed E-state index contributed by atoms with van der Waals surface area (Å²) < 4.78 is 34.4. The molecule has 2 amide bonds. The number of carbonyl (C=O) groups excluding carboxylic acids is 2. The maximum Gasteiger partial charge on any atom is 0.407 e. The largest absolute Gasteiger partial charge is 0.481 e. The molecule has 2 aromatic rings. The molecule has 0 unspecified atom stereocenters. The van der Waals surface area contributed by atoms with E-state index < -0.39 is 42.4 Å². The average molecular weight is 472 g/mol. The predicted molar refractivity (Wildman–Crippen MR) is 120 cm³/mol. The van der Waals surface area contributed by atoms with Gasteiger partial charge >= 0.3 is 18.0 Å². The fourth-order valence-electron chi connectivity index (χ4n) is 4.88. The number of amides is 2. The zero-order chi connectivity index (χ0) is 24.5. The lowest BCUT2D eigenvalue weighted by Gasteiger charge is -2.39. The van der Waals surface area contributed by atoms with E-state index in [0.717, 1.165) is 27.2 Å². The molecular weight excluding hydrogens is 446 g/mol. The minimum absolute atomic E-state index is 0.0389. The fourth-order valence-corrected chi connectivity index (χ4v) is 4.88. The molecule has 0 bridgehead atoms. The molecule has 4 rings (SSSR count). The first-order valence-corrected chi connectivity index (χ1v) is 11.2. The second kappa shape index (κ2) is 9.40. The number of carboxylic acid groups (broad SMARTS) is 1. The standard InChI is InChI=1S/C25H26F2N2O5/c1-15-16(22(30)31)11-6-12-29(15)23(32)25(26,27)14-28-24(33)34-13-21-19-9-4-2-7-17(19)18-8-3-5-10-20(18)21/h2-5,7-10,15-16,21H,6,11-14H2,1H3,(H,28,33)(H,30,31)/t15-,16-/m1/s1. The molecule has 180 valence electrons. The maximum atomic E-state index is 14.6.